The van der Waals surface area contributed by atoms with Crippen molar-refractivity contribution in [2.45, 2.75) is 52.0 Å². The van der Waals surface area contributed by atoms with Crippen molar-refractivity contribution in [3.8, 4) is 0 Å². The van der Waals surface area contributed by atoms with Crippen molar-refractivity contribution in [2.75, 3.05) is 13.1 Å². The number of hydrogen-bond acceptors (Lipinski definition) is 5. The number of nitrogens with one attached hydrogen (secondary N) is 2. The van der Waals surface area contributed by atoms with Gasteiger partial charge in [0.1, 0.15) is 0 Å². The Kier molecular flexibility index (Phi) is 8.75. The van der Waals surface area contributed by atoms with E-state index in [4.69, 9.17) is 5.21 Å². The molecule has 0 aliphatic carbocycles. The van der Waals surface area contributed by atoms with Crippen LogP contribution >= 0.6 is 0 Å². The first kappa shape index (κ1) is 21.3. The van der Waals surface area contributed by atoms with Gasteiger partial charge >= 0.3 is 5.97 Å². The number of aliphatic carboxylic acids is 1. The van der Waals surface area contributed by atoms with Gasteiger partial charge in [-0.2, -0.15) is 0 Å². The van der Waals surface area contributed by atoms with E-state index in [9.17, 15) is 14.7 Å². The van der Waals surface area contributed by atoms with E-state index in [0.717, 1.165) is 12.0 Å². The van der Waals surface area contributed by atoms with Gasteiger partial charge in [-0.15, -0.1) is 0 Å². The molecule has 25 heavy (non-hydrogen) atoms. The van der Waals surface area contributed by atoms with Crippen molar-refractivity contribution < 1.29 is 19.9 Å². The van der Waals surface area contributed by atoms with Crippen LogP contribution in [0.2, 0.25) is 0 Å². The molecule has 1 rings (SSSR count). The maximum Gasteiger partial charge on any atom is 0.305 e. The maximum atomic E-state index is 13.0. The summed E-state index contributed by atoms with van der Waals surface area (Å²) >= 11 is 0. The van der Waals surface area contributed by atoms with Crippen molar-refractivity contribution in [1.29, 1.82) is 0 Å². The number of Topliss-reactive ketones (excluding diaryl/α,β-unsaturated/α-hetero) is 1. The van der Waals surface area contributed by atoms with E-state index in [1.54, 1.807) is 0 Å². The van der Waals surface area contributed by atoms with Gasteiger partial charge < -0.3 is 15.6 Å². The third kappa shape index (κ3) is 8.25. The standard InChI is InChI=1S/C19H30N2O4/c1-19(2,3)10-12-20-16(13-17(22)23)18(24)15(9-11-21-25)14-7-5-4-6-8-14/h4-8,15-16,20-21,25H,9-13H2,1-3H3,(H,22,23)/t15?,16-/m0/s1. The second kappa shape index (κ2) is 10.3. The highest BCUT2D eigenvalue weighted by molar-refractivity contribution is 5.93. The Labute approximate surface area is 149 Å². The molecule has 0 saturated carbocycles. The molecule has 6 nitrogen and oxygen atoms in total. The van der Waals surface area contributed by atoms with E-state index in [-0.39, 0.29) is 24.2 Å². The summed E-state index contributed by atoms with van der Waals surface area (Å²) in [6, 6.07) is 8.53. The Morgan fingerprint density at radius 2 is 1.76 bits per heavy atom. The van der Waals surface area contributed by atoms with Crippen molar-refractivity contribution in [3.63, 3.8) is 0 Å². The molecule has 140 valence electrons. The van der Waals surface area contributed by atoms with E-state index in [1.165, 1.54) is 0 Å². The van der Waals surface area contributed by atoms with E-state index >= 15 is 0 Å². The summed E-state index contributed by atoms with van der Waals surface area (Å²) in [6.07, 6.45) is 0.986. The molecule has 0 heterocycles. The number of carboxylic acids is 1. The van der Waals surface area contributed by atoms with Crippen LogP contribution in [-0.4, -0.2) is 41.2 Å². The fourth-order valence-electron chi connectivity index (χ4n) is 2.68. The molecular formula is C19H30N2O4. The molecule has 0 aliphatic heterocycles. The maximum absolute atomic E-state index is 13.0. The van der Waals surface area contributed by atoms with Crippen LogP contribution in [0.3, 0.4) is 0 Å². The van der Waals surface area contributed by atoms with Crippen LogP contribution < -0.4 is 10.8 Å². The summed E-state index contributed by atoms with van der Waals surface area (Å²) in [4.78, 5) is 24.2. The Bertz CT molecular complexity index is 540. The smallest absolute Gasteiger partial charge is 0.305 e. The number of hydroxylamine groups is 1. The molecule has 4 N–H and O–H groups in total. The van der Waals surface area contributed by atoms with Gasteiger partial charge in [-0.25, -0.2) is 5.48 Å². The third-order valence-electron chi connectivity index (χ3n) is 4.08. The number of carbonyl (C=O) groups is 2. The zero-order valence-electron chi connectivity index (χ0n) is 15.3. The molecule has 1 unspecified atom stereocenters. The molecule has 1 aromatic rings. The van der Waals surface area contributed by atoms with E-state index in [1.807, 2.05) is 30.3 Å². The van der Waals surface area contributed by atoms with Gasteiger partial charge in [-0.05, 0) is 30.4 Å². The zero-order valence-corrected chi connectivity index (χ0v) is 15.3. The zero-order chi connectivity index (χ0) is 18.9. The highest BCUT2D eigenvalue weighted by atomic mass is 16.5. The lowest BCUT2D eigenvalue weighted by molar-refractivity contribution is -0.139. The topological polar surface area (TPSA) is 98.7 Å². The molecule has 0 amide bonds. The molecular weight excluding hydrogens is 320 g/mol. The second-order valence-corrected chi connectivity index (χ2v) is 7.48. The summed E-state index contributed by atoms with van der Waals surface area (Å²) in [7, 11) is 0. The average molecular weight is 350 g/mol. The number of hydrogen-bond donors (Lipinski definition) is 4. The monoisotopic (exact) mass is 350 g/mol. The highest BCUT2D eigenvalue weighted by Gasteiger charge is 2.29. The molecule has 0 bridgehead atoms. The van der Waals surface area contributed by atoms with Crippen molar-refractivity contribution in [2.24, 2.45) is 5.41 Å². The Hall–Kier alpha value is -1.76. The number of carbonyl (C=O) groups excluding carboxylic acids is 1. The first-order valence-electron chi connectivity index (χ1n) is 8.65. The van der Waals surface area contributed by atoms with Gasteiger partial charge in [0.2, 0.25) is 0 Å². The number of ketones is 1. The SMILES string of the molecule is CC(C)(C)CCN[C@@H](CC(=O)O)C(=O)C(CCNO)c1ccccc1. The summed E-state index contributed by atoms with van der Waals surface area (Å²) < 4.78 is 0. The first-order valence-corrected chi connectivity index (χ1v) is 8.65. The van der Waals surface area contributed by atoms with E-state index in [2.05, 4.69) is 31.6 Å². The molecule has 0 fully saturated rings. The second-order valence-electron chi connectivity index (χ2n) is 7.48. The minimum Gasteiger partial charge on any atom is -0.481 e. The average Bonchev–Trinajstić information content (AvgIpc) is 2.53. The van der Waals surface area contributed by atoms with Crippen LogP contribution in [0.15, 0.2) is 30.3 Å². The third-order valence-corrected chi connectivity index (χ3v) is 4.08. The summed E-state index contributed by atoms with van der Waals surface area (Å²) in [6.45, 7) is 7.13. The minimum atomic E-state index is -1.01. The van der Waals surface area contributed by atoms with Crippen LogP contribution in [0.4, 0.5) is 0 Å². The fourth-order valence-corrected chi connectivity index (χ4v) is 2.68. The summed E-state index contributed by atoms with van der Waals surface area (Å²) in [5.41, 5.74) is 3.01. The van der Waals surface area contributed by atoms with Gasteiger partial charge in [0, 0.05) is 12.5 Å². The molecule has 2 atom stereocenters. The number of benzene rings is 1. The number of carboxylic acid groups (broad SMARTS) is 1. The molecule has 6 heteroatoms. The van der Waals surface area contributed by atoms with Crippen molar-refractivity contribution in [3.05, 3.63) is 35.9 Å². The molecule has 0 spiro atoms. The summed E-state index contributed by atoms with van der Waals surface area (Å²) in [5.74, 6) is -1.63. The van der Waals surface area contributed by atoms with Gasteiger partial charge in [0.05, 0.1) is 12.5 Å². The molecule has 1 aromatic carbocycles. The molecule has 0 saturated heterocycles. The highest BCUT2D eigenvalue weighted by Crippen LogP contribution is 2.23. The summed E-state index contributed by atoms with van der Waals surface area (Å²) in [5, 5.41) is 21.2. The Morgan fingerprint density at radius 3 is 2.28 bits per heavy atom. The van der Waals surface area contributed by atoms with Crippen LogP contribution in [0, 0.1) is 5.41 Å². The lowest BCUT2D eigenvalue weighted by Gasteiger charge is -2.25. The molecule has 0 aromatic heterocycles. The normalized spacial score (nSPS) is 14.1. The largest absolute Gasteiger partial charge is 0.481 e. The fraction of sp³-hybridized carbons (Fsp3) is 0.579. The van der Waals surface area contributed by atoms with Crippen molar-refractivity contribution in [1.82, 2.24) is 10.8 Å². The minimum absolute atomic E-state index is 0.101. The van der Waals surface area contributed by atoms with Gasteiger partial charge in [-0.3, -0.25) is 9.59 Å². The van der Waals surface area contributed by atoms with Crippen LogP contribution in [0.5, 0.6) is 0 Å². The quantitative estimate of drug-likeness (QED) is 0.458. The lowest BCUT2D eigenvalue weighted by atomic mass is 9.86. The lowest BCUT2D eigenvalue weighted by Crippen LogP contribution is -2.42. The van der Waals surface area contributed by atoms with Gasteiger partial charge in [-0.1, -0.05) is 51.1 Å². The van der Waals surface area contributed by atoms with Gasteiger partial charge in [0.15, 0.2) is 5.78 Å². The van der Waals surface area contributed by atoms with Gasteiger partial charge in [0.25, 0.3) is 0 Å². The van der Waals surface area contributed by atoms with Crippen LogP contribution in [-0.2, 0) is 9.59 Å². The molecule has 0 radical (unpaired) electrons. The van der Waals surface area contributed by atoms with E-state index < -0.39 is 17.9 Å². The van der Waals surface area contributed by atoms with E-state index in [0.29, 0.717) is 13.0 Å². The number of rotatable bonds is 11. The predicted octanol–water partition coefficient (Wildman–Crippen LogP) is 2.58. The van der Waals surface area contributed by atoms with Crippen LogP contribution in [0.1, 0.15) is 51.5 Å². The first-order chi connectivity index (χ1) is 11.7. The Balaban J connectivity index is 2.90. The van der Waals surface area contributed by atoms with Crippen LogP contribution in [0.25, 0.3) is 0 Å². The molecule has 0 aliphatic rings. The Morgan fingerprint density at radius 1 is 1.12 bits per heavy atom. The predicted molar refractivity (Wildman–Crippen MR) is 96.7 cm³/mol. The van der Waals surface area contributed by atoms with Crippen molar-refractivity contribution >= 4 is 11.8 Å².